The third-order valence-corrected chi connectivity index (χ3v) is 4.27. The number of hydrogen-bond donors (Lipinski definition) is 1. The van der Waals surface area contributed by atoms with Crippen LogP contribution in [0.5, 0.6) is 11.5 Å². The Hall–Kier alpha value is -2.07. The number of pyridine rings is 1. The molecule has 116 valence electrons. The number of ether oxygens (including phenoxy) is 2. The number of aryl methyl sites for hydroxylation is 1. The molecule has 1 atom stereocenters. The van der Waals surface area contributed by atoms with Crippen molar-refractivity contribution in [3.63, 3.8) is 0 Å². The standard InChI is InChI=1S/C18H22N2O2/c1-4-12-5-7-15(20-11-12)17-13-6-8-16(21-2)18(22-3)14(13)9-10-19-17/h5-8,11,17,19H,4,9-10H2,1-3H3. The molecule has 0 bridgehead atoms. The van der Waals surface area contributed by atoms with Crippen molar-refractivity contribution >= 4 is 0 Å². The molecule has 4 nitrogen and oxygen atoms in total. The van der Waals surface area contributed by atoms with E-state index in [-0.39, 0.29) is 6.04 Å². The topological polar surface area (TPSA) is 43.4 Å². The third-order valence-electron chi connectivity index (χ3n) is 4.27. The largest absolute Gasteiger partial charge is 0.493 e. The molecule has 1 aromatic carbocycles. The number of nitrogens with zero attached hydrogens (tertiary/aromatic N) is 1. The second-order valence-corrected chi connectivity index (χ2v) is 5.45. The Morgan fingerprint density at radius 3 is 2.68 bits per heavy atom. The molecule has 0 spiro atoms. The molecule has 2 heterocycles. The first-order chi connectivity index (χ1) is 10.8. The van der Waals surface area contributed by atoms with Crippen molar-refractivity contribution in [1.82, 2.24) is 10.3 Å². The van der Waals surface area contributed by atoms with E-state index >= 15 is 0 Å². The van der Waals surface area contributed by atoms with Crippen molar-refractivity contribution < 1.29 is 9.47 Å². The van der Waals surface area contributed by atoms with Crippen molar-refractivity contribution in [2.24, 2.45) is 0 Å². The molecule has 0 radical (unpaired) electrons. The van der Waals surface area contributed by atoms with Gasteiger partial charge in [-0.25, -0.2) is 0 Å². The van der Waals surface area contributed by atoms with Crippen LogP contribution in [0.15, 0.2) is 30.5 Å². The van der Waals surface area contributed by atoms with Gasteiger partial charge in [-0.05, 0) is 36.1 Å². The van der Waals surface area contributed by atoms with Crippen molar-refractivity contribution in [3.8, 4) is 11.5 Å². The SMILES string of the molecule is CCc1ccc(C2NCCc3c2ccc(OC)c3OC)nc1. The maximum absolute atomic E-state index is 5.58. The summed E-state index contributed by atoms with van der Waals surface area (Å²) in [4.78, 5) is 4.64. The highest BCUT2D eigenvalue weighted by molar-refractivity contribution is 5.54. The Labute approximate surface area is 131 Å². The fourth-order valence-corrected chi connectivity index (χ4v) is 3.07. The summed E-state index contributed by atoms with van der Waals surface area (Å²) in [6.45, 7) is 3.04. The average molecular weight is 298 g/mol. The van der Waals surface area contributed by atoms with Crippen LogP contribution in [0.4, 0.5) is 0 Å². The molecule has 1 aliphatic rings. The van der Waals surface area contributed by atoms with Gasteiger partial charge in [0.25, 0.3) is 0 Å². The smallest absolute Gasteiger partial charge is 0.164 e. The highest BCUT2D eigenvalue weighted by Crippen LogP contribution is 2.39. The van der Waals surface area contributed by atoms with Crippen LogP contribution >= 0.6 is 0 Å². The monoisotopic (exact) mass is 298 g/mol. The van der Waals surface area contributed by atoms with Gasteiger partial charge in [-0.1, -0.05) is 19.1 Å². The number of fused-ring (bicyclic) bond motifs is 1. The molecule has 22 heavy (non-hydrogen) atoms. The molecule has 0 amide bonds. The van der Waals surface area contributed by atoms with Gasteiger partial charge in [0, 0.05) is 18.3 Å². The van der Waals surface area contributed by atoms with Crippen LogP contribution in [-0.4, -0.2) is 25.7 Å². The maximum Gasteiger partial charge on any atom is 0.164 e. The van der Waals surface area contributed by atoms with Gasteiger partial charge in [0.2, 0.25) is 0 Å². The van der Waals surface area contributed by atoms with E-state index in [1.807, 2.05) is 12.3 Å². The van der Waals surface area contributed by atoms with E-state index in [1.54, 1.807) is 14.2 Å². The Morgan fingerprint density at radius 1 is 1.18 bits per heavy atom. The highest BCUT2D eigenvalue weighted by Gasteiger charge is 2.26. The van der Waals surface area contributed by atoms with Crippen LogP contribution < -0.4 is 14.8 Å². The Balaban J connectivity index is 2.03. The fourth-order valence-electron chi connectivity index (χ4n) is 3.07. The van der Waals surface area contributed by atoms with Gasteiger partial charge in [0.1, 0.15) is 0 Å². The molecule has 2 aromatic rings. The summed E-state index contributed by atoms with van der Waals surface area (Å²) >= 11 is 0. The second kappa shape index (κ2) is 6.36. The highest BCUT2D eigenvalue weighted by atomic mass is 16.5. The first-order valence-corrected chi connectivity index (χ1v) is 7.70. The third kappa shape index (κ3) is 2.55. The molecule has 3 rings (SSSR count). The van der Waals surface area contributed by atoms with Gasteiger partial charge in [0.05, 0.1) is 26.0 Å². The summed E-state index contributed by atoms with van der Waals surface area (Å²) in [7, 11) is 3.37. The van der Waals surface area contributed by atoms with E-state index < -0.39 is 0 Å². The lowest BCUT2D eigenvalue weighted by Gasteiger charge is -2.28. The summed E-state index contributed by atoms with van der Waals surface area (Å²) in [6, 6.07) is 8.46. The Bertz CT molecular complexity index is 653. The summed E-state index contributed by atoms with van der Waals surface area (Å²) in [5.41, 5.74) is 4.74. The van der Waals surface area contributed by atoms with Gasteiger partial charge in [-0.15, -0.1) is 0 Å². The summed E-state index contributed by atoms with van der Waals surface area (Å²) < 4.78 is 11.0. The minimum Gasteiger partial charge on any atom is -0.493 e. The molecule has 1 unspecified atom stereocenters. The van der Waals surface area contributed by atoms with Gasteiger partial charge in [-0.2, -0.15) is 0 Å². The van der Waals surface area contributed by atoms with E-state index in [2.05, 4.69) is 35.4 Å². The van der Waals surface area contributed by atoms with Crippen LogP contribution in [0.2, 0.25) is 0 Å². The van der Waals surface area contributed by atoms with Gasteiger partial charge in [-0.3, -0.25) is 4.98 Å². The fraction of sp³-hybridized carbons (Fsp3) is 0.389. The first kappa shape index (κ1) is 14.9. The lowest BCUT2D eigenvalue weighted by molar-refractivity contribution is 0.348. The van der Waals surface area contributed by atoms with E-state index in [9.17, 15) is 0 Å². The molecule has 0 saturated carbocycles. The Morgan fingerprint density at radius 2 is 2.05 bits per heavy atom. The number of aromatic nitrogens is 1. The van der Waals surface area contributed by atoms with Crippen molar-refractivity contribution in [3.05, 3.63) is 52.8 Å². The van der Waals surface area contributed by atoms with Crippen molar-refractivity contribution in [1.29, 1.82) is 0 Å². The normalized spacial score (nSPS) is 17.0. The zero-order chi connectivity index (χ0) is 15.5. The second-order valence-electron chi connectivity index (χ2n) is 5.45. The summed E-state index contributed by atoms with van der Waals surface area (Å²) in [5.74, 6) is 1.63. The first-order valence-electron chi connectivity index (χ1n) is 7.70. The van der Waals surface area contributed by atoms with Gasteiger partial charge in [0.15, 0.2) is 11.5 Å². The van der Waals surface area contributed by atoms with Gasteiger partial charge < -0.3 is 14.8 Å². The molecule has 0 fully saturated rings. The van der Waals surface area contributed by atoms with E-state index in [1.165, 1.54) is 16.7 Å². The summed E-state index contributed by atoms with van der Waals surface area (Å²) in [6.07, 6.45) is 3.90. The van der Waals surface area contributed by atoms with E-state index in [0.717, 1.165) is 36.6 Å². The van der Waals surface area contributed by atoms with E-state index in [4.69, 9.17) is 9.47 Å². The molecular formula is C18H22N2O2. The number of hydrogen-bond acceptors (Lipinski definition) is 4. The molecule has 0 saturated heterocycles. The molecule has 4 heteroatoms. The molecule has 1 aliphatic heterocycles. The van der Waals surface area contributed by atoms with Crippen LogP contribution in [0.3, 0.4) is 0 Å². The van der Waals surface area contributed by atoms with Crippen LogP contribution in [0, 0.1) is 0 Å². The zero-order valence-electron chi connectivity index (χ0n) is 13.3. The molecule has 1 aromatic heterocycles. The van der Waals surface area contributed by atoms with Crippen LogP contribution in [0.1, 0.15) is 35.3 Å². The predicted molar refractivity (Wildman–Crippen MR) is 86.7 cm³/mol. The number of methoxy groups -OCH3 is 2. The lowest BCUT2D eigenvalue weighted by atomic mass is 9.91. The lowest BCUT2D eigenvalue weighted by Crippen LogP contribution is -2.31. The molecule has 0 aliphatic carbocycles. The molecule has 1 N–H and O–H groups in total. The number of benzene rings is 1. The van der Waals surface area contributed by atoms with E-state index in [0.29, 0.717) is 0 Å². The average Bonchev–Trinajstić information content (AvgIpc) is 2.60. The quantitative estimate of drug-likeness (QED) is 0.942. The molecular weight excluding hydrogens is 276 g/mol. The minimum absolute atomic E-state index is 0.106. The number of rotatable bonds is 4. The summed E-state index contributed by atoms with van der Waals surface area (Å²) in [5, 5.41) is 3.56. The Kier molecular flexibility index (Phi) is 4.29. The van der Waals surface area contributed by atoms with Gasteiger partial charge >= 0.3 is 0 Å². The van der Waals surface area contributed by atoms with Crippen molar-refractivity contribution in [2.75, 3.05) is 20.8 Å². The van der Waals surface area contributed by atoms with Crippen LogP contribution in [-0.2, 0) is 12.8 Å². The predicted octanol–water partition coefficient (Wildman–Crippen LogP) is 2.90. The zero-order valence-corrected chi connectivity index (χ0v) is 13.3. The van der Waals surface area contributed by atoms with Crippen molar-refractivity contribution in [2.45, 2.75) is 25.8 Å². The van der Waals surface area contributed by atoms with Crippen LogP contribution in [0.25, 0.3) is 0 Å². The number of nitrogens with one attached hydrogen (secondary N) is 1. The minimum atomic E-state index is 0.106. The maximum atomic E-state index is 5.58.